The summed E-state index contributed by atoms with van der Waals surface area (Å²) in [5.41, 5.74) is 1.52. The number of carbonyl (C=O) groups excluding carboxylic acids is 2. The molecule has 1 amide bonds. The van der Waals surface area contributed by atoms with Crippen molar-refractivity contribution in [1.82, 2.24) is 4.31 Å². The van der Waals surface area contributed by atoms with Gasteiger partial charge in [-0.2, -0.15) is 4.31 Å². The largest absolute Gasteiger partial charge is 0.465 e. The van der Waals surface area contributed by atoms with Crippen LogP contribution in [-0.2, 0) is 36.3 Å². The molecule has 1 N–H and O–H groups in total. The van der Waals surface area contributed by atoms with Crippen LogP contribution in [0, 0.1) is 0 Å². The van der Waals surface area contributed by atoms with Gasteiger partial charge in [0.15, 0.2) is 0 Å². The van der Waals surface area contributed by atoms with Crippen molar-refractivity contribution in [3.63, 3.8) is 0 Å². The number of carbonyl (C=O) groups is 2. The number of sulfonamides is 1. The molecule has 1 saturated carbocycles. The Balaban J connectivity index is 1.64. The molecule has 1 aliphatic rings. The molecule has 0 atom stereocenters. The lowest BCUT2D eigenvalue weighted by atomic mass is 9.96. The van der Waals surface area contributed by atoms with Crippen molar-refractivity contribution >= 4 is 39.2 Å². The summed E-state index contributed by atoms with van der Waals surface area (Å²) in [4.78, 5) is 24.7. The van der Waals surface area contributed by atoms with Crippen LogP contribution in [0.2, 0.25) is 5.02 Å². The molecule has 0 bridgehead atoms. The SMILES string of the molecule is CCOC(=O)C1(c2ccc(NC(=O)CN(Cc3ccc(Cl)cc3)S(C)(=O)=O)cc2)CC1. The average molecular weight is 465 g/mol. The first-order chi connectivity index (χ1) is 14.6. The van der Waals surface area contributed by atoms with Crippen LogP contribution in [0.15, 0.2) is 48.5 Å². The molecule has 166 valence electrons. The Morgan fingerprint density at radius 3 is 2.23 bits per heavy atom. The maximum atomic E-state index is 12.5. The van der Waals surface area contributed by atoms with Crippen molar-refractivity contribution in [3.8, 4) is 0 Å². The molecule has 0 spiro atoms. The van der Waals surface area contributed by atoms with E-state index >= 15 is 0 Å². The molecule has 0 unspecified atom stereocenters. The Morgan fingerprint density at radius 2 is 1.71 bits per heavy atom. The van der Waals surface area contributed by atoms with E-state index < -0.39 is 21.3 Å². The third-order valence-corrected chi connectivity index (χ3v) is 6.65. The van der Waals surface area contributed by atoms with Crippen LogP contribution in [0.25, 0.3) is 0 Å². The maximum Gasteiger partial charge on any atom is 0.316 e. The molecule has 0 heterocycles. The van der Waals surface area contributed by atoms with Crippen LogP contribution >= 0.6 is 11.6 Å². The van der Waals surface area contributed by atoms with E-state index in [9.17, 15) is 18.0 Å². The predicted octanol–water partition coefficient (Wildman–Crippen LogP) is 3.34. The van der Waals surface area contributed by atoms with Crippen molar-refractivity contribution in [2.45, 2.75) is 31.7 Å². The fourth-order valence-corrected chi connectivity index (χ4v) is 4.18. The summed E-state index contributed by atoms with van der Waals surface area (Å²) in [6, 6.07) is 13.8. The van der Waals surface area contributed by atoms with E-state index in [-0.39, 0.29) is 19.1 Å². The molecule has 3 rings (SSSR count). The van der Waals surface area contributed by atoms with Crippen molar-refractivity contribution in [2.75, 3.05) is 24.7 Å². The second kappa shape index (κ2) is 9.38. The molecule has 1 aliphatic carbocycles. The Bertz CT molecular complexity index is 1050. The second-order valence-electron chi connectivity index (χ2n) is 7.59. The first-order valence-electron chi connectivity index (χ1n) is 9.91. The number of esters is 1. The van der Waals surface area contributed by atoms with Crippen LogP contribution in [0.4, 0.5) is 5.69 Å². The number of hydrogen-bond donors (Lipinski definition) is 1. The third-order valence-electron chi connectivity index (χ3n) is 5.20. The number of nitrogens with one attached hydrogen (secondary N) is 1. The summed E-state index contributed by atoms with van der Waals surface area (Å²) in [7, 11) is -3.61. The van der Waals surface area contributed by atoms with Gasteiger partial charge in [-0.05, 0) is 55.2 Å². The van der Waals surface area contributed by atoms with Gasteiger partial charge in [0.25, 0.3) is 0 Å². The number of ether oxygens (including phenoxy) is 1. The summed E-state index contributed by atoms with van der Waals surface area (Å²) in [5.74, 6) is -0.684. The molecular formula is C22H25ClN2O5S. The molecule has 2 aromatic carbocycles. The van der Waals surface area contributed by atoms with Crippen LogP contribution in [0.3, 0.4) is 0 Å². The number of halogens is 1. The Kier molecular flexibility index (Phi) is 7.03. The molecule has 0 saturated heterocycles. The number of hydrogen-bond acceptors (Lipinski definition) is 5. The van der Waals surface area contributed by atoms with Crippen LogP contribution in [-0.4, -0.2) is 44.0 Å². The van der Waals surface area contributed by atoms with E-state index in [1.807, 2.05) is 0 Å². The molecule has 9 heteroatoms. The van der Waals surface area contributed by atoms with Gasteiger partial charge in [0.2, 0.25) is 15.9 Å². The monoisotopic (exact) mass is 464 g/mol. The fraction of sp³-hybridized carbons (Fsp3) is 0.364. The van der Waals surface area contributed by atoms with E-state index in [1.165, 1.54) is 0 Å². The lowest BCUT2D eigenvalue weighted by molar-refractivity contribution is -0.146. The Labute approximate surface area is 187 Å². The maximum absolute atomic E-state index is 12.5. The normalized spacial score (nSPS) is 14.8. The van der Waals surface area contributed by atoms with Crippen LogP contribution in [0.5, 0.6) is 0 Å². The minimum Gasteiger partial charge on any atom is -0.465 e. The minimum absolute atomic E-state index is 0.0599. The topological polar surface area (TPSA) is 92.8 Å². The molecule has 1 fully saturated rings. The fourth-order valence-electron chi connectivity index (χ4n) is 3.32. The number of benzene rings is 2. The lowest BCUT2D eigenvalue weighted by Gasteiger charge is -2.20. The van der Waals surface area contributed by atoms with Gasteiger partial charge in [0.05, 0.1) is 24.8 Å². The lowest BCUT2D eigenvalue weighted by Crippen LogP contribution is -2.36. The van der Waals surface area contributed by atoms with Gasteiger partial charge in [0, 0.05) is 17.3 Å². The third kappa shape index (κ3) is 5.84. The van der Waals surface area contributed by atoms with Gasteiger partial charge in [-0.1, -0.05) is 35.9 Å². The highest BCUT2D eigenvalue weighted by Gasteiger charge is 2.52. The zero-order chi connectivity index (χ0) is 22.6. The van der Waals surface area contributed by atoms with E-state index in [2.05, 4.69) is 5.32 Å². The Morgan fingerprint density at radius 1 is 1.10 bits per heavy atom. The first-order valence-corrected chi connectivity index (χ1v) is 12.1. The van der Waals surface area contributed by atoms with Crippen molar-refractivity contribution < 1.29 is 22.7 Å². The predicted molar refractivity (Wildman–Crippen MR) is 119 cm³/mol. The quantitative estimate of drug-likeness (QED) is 0.574. The first kappa shape index (κ1) is 23.2. The van der Waals surface area contributed by atoms with Gasteiger partial charge in [0.1, 0.15) is 0 Å². The number of rotatable bonds is 9. The summed E-state index contributed by atoms with van der Waals surface area (Å²) in [5, 5.41) is 3.26. The van der Waals surface area contributed by atoms with Gasteiger partial charge >= 0.3 is 5.97 Å². The standard InChI is InChI=1S/C22H25ClN2O5S/c1-3-30-21(27)22(12-13-22)17-6-10-19(11-7-17)24-20(26)15-25(31(2,28)29)14-16-4-8-18(23)9-5-16/h4-11H,3,12-15H2,1-2H3,(H,24,26). The average Bonchev–Trinajstić information content (AvgIpc) is 3.51. The number of amides is 1. The van der Waals surface area contributed by atoms with Crippen molar-refractivity contribution in [3.05, 3.63) is 64.7 Å². The van der Waals surface area contributed by atoms with Crippen molar-refractivity contribution in [1.29, 1.82) is 0 Å². The highest BCUT2D eigenvalue weighted by Crippen LogP contribution is 2.49. The molecule has 0 aliphatic heterocycles. The number of nitrogens with zero attached hydrogens (tertiary/aromatic N) is 1. The highest BCUT2D eigenvalue weighted by molar-refractivity contribution is 7.88. The van der Waals surface area contributed by atoms with Crippen molar-refractivity contribution in [2.24, 2.45) is 0 Å². The Hall–Kier alpha value is -2.42. The summed E-state index contributed by atoms with van der Waals surface area (Å²) >= 11 is 5.87. The zero-order valence-electron chi connectivity index (χ0n) is 17.4. The van der Waals surface area contributed by atoms with E-state index in [1.54, 1.807) is 55.5 Å². The molecular weight excluding hydrogens is 440 g/mol. The smallest absolute Gasteiger partial charge is 0.316 e. The summed E-state index contributed by atoms with van der Waals surface area (Å²) in [6.07, 6.45) is 2.55. The van der Waals surface area contributed by atoms with Gasteiger partial charge in [-0.25, -0.2) is 8.42 Å². The molecule has 2 aromatic rings. The summed E-state index contributed by atoms with van der Waals surface area (Å²) in [6.45, 7) is 1.85. The molecule has 31 heavy (non-hydrogen) atoms. The van der Waals surface area contributed by atoms with E-state index in [0.29, 0.717) is 17.3 Å². The van der Waals surface area contributed by atoms with Gasteiger partial charge in [-0.3, -0.25) is 9.59 Å². The van der Waals surface area contributed by atoms with Gasteiger partial charge < -0.3 is 10.1 Å². The van der Waals surface area contributed by atoms with Crippen LogP contribution < -0.4 is 5.32 Å². The molecule has 0 radical (unpaired) electrons. The van der Waals surface area contributed by atoms with E-state index in [4.69, 9.17) is 16.3 Å². The zero-order valence-corrected chi connectivity index (χ0v) is 19.0. The highest BCUT2D eigenvalue weighted by atomic mass is 35.5. The second-order valence-corrected chi connectivity index (χ2v) is 10.0. The van der Waals surface area contributed by atoms with Gasteiger partial charge in [-0.15, -0.1) is 0 Å². The number of anilines is 1. The molecule has 7 nitrogen and oxygen atoms in total. The minimum atomic E-state index is -3.61. The van der Waals surface area contributed by atoms with Crippen LogP contribution in [0.1, 0.15) is 30.9 Å². The van der Waals surface area contributed by atoms with E-state index in [0.717, 1.165) is 34.5 Å². The summed E-state index contributed by atoms with van der Waals surface area (Å²) < 4.78 is 30.6. The molecule has 0 aromatic heterocycles.